The molecule has 1 aliphatic rings. The van der Waals surface area contributed by atoms with Crippen molar-refractivity contribution in [2.75, 3.05) is 32.7 Å². The van der Waals surface area contributed by atoms with Gasteiger partial charge in [0, 0.05) is 6.04 Å². The lowest BCUT2D eigenvalue weighted by Crippen LogP contribution is -2.39. The molecular formula is C14H20N2O3. The van der Waals surface area contributed by atoms with Crippen LogP contribution < -0.4 is 15.4 Å². The summed E-state index contributed by atoms with van der Waals surface area (Å²) in [5, 5.41) is 6.01. The van der Waals surface area contributed by atoms with E-state index in [0.717, 1.165) is 5.56 Å². The average Bonchev–Trinajstić information content (AvgIpc) is 2.89. The van der Waals surface area contributed by atoms with Gasteiger partial charge in [-0.2, -0.15) is 0 Å². The molecule has 1 aromatic rings. The molecule has 1 aliphatic heterocycles. The van der Waals surface area contributed by atoms with Crippen LogP contribution in [0.25, 0.3) is 0 Å². The minimum Gasteiger partial charge on any atom is -0.495 e. The van der Waals surface area contributed by atoms with E-state index in [1.54, 1.807) is 7.11 Å². The number of hydrogen-bond donors (Lipinski definition) is 2. The van der Waals surface area contributed by atoms with Crippen LogP contribution in [0.5, 0.6) is 5.75 Å². The summed E-state index contributed by atoms with van der Waals surface area (Å²) in [5.41, 5.74) is 1.78. The number of benzene rings is 1. The maximum absolute atomic E-state index is 12.3. The zero-order chi connectivity index (χ0) is 13.8. The Morgan fingerprint density at radius 3 is 2.89 bits per heavy atom. The Kier molecular flexibility index (Phi) is 4.39. The van der Waals surface area contributed by atoms with Gasteiger partial charge in [0.05, 0.1) is 31.9 Å². The number of rotatable bonds is 4. The topological polar surface area (TPSA) is 59.6 Å². The third-order valence-electron chi connectivity index (χ3n) is 3.40. The highest BCUT2D eigenvalue weighted by atomic mass is 16.5. The Morgan fingerprint density at radius 2 is 2.21 bits per heavy atom. The fourth-order valence-corrected chi connectivity index (χ4v) is 2.22. The molecule has 1 aromatic carbocycles. The lowest BCUT2D eigenvalue weighted by Gasteiger charge is -2.17. The van der Waals surface area contributed by atoms with Crippen molar-refractivity contribution < 1.29 is 14.3 Å². The lowest BCUT2D eigenvalue weighted by molar-refractivity contribution is -0.120. The second-order valence-corrected chi connectivity index (χ2v) is 4.73. The third-order valence-corrected chi connectivity index (χ3v) is 3.40. The van der Waals surface area contributed by atoms with Crippen LogP contribution in [0.1, 0.15) is 5.56 Å². The van der Waals surface area contributed by atoms with Gasteiger partial charge in [-0.3, -0.25) is 4.79 Å². The van der Waals surface area contributed by atoms with E-state index in [9.17, 15) is 4.79 Å². The fraction of sp³-hybridized carbons (Fsp3) is 0.500. The molecule has 104 valence electrons. The van der Waals surface area contributed by atoms with Crippen molar-refractivity contribution in [2.24, 2.45) is 5.92 Å². The van der Waals surface area contributed by atoms with Crippen LogP contribution in [0.2, 0.25) is 0 Å². The van der Waals surface area contributed by atoms with Crippen molar-refractivity contribution in [3.8, 4) is 5.75 Å². The minimum atomic E-state index is -0.170. The smallest absolute Gasteiger partial charge is 0.231 e. The quantitative estimate of drug-likeness (QED) is 0.857. The van der Waals surface area contributed by atoms with E-state index in [1.807, 2.05) is 32.2 Å². The van der Waals surface area contributed by atoms with Crippen LogP contribution in [0.15, 0.2) is 18.2 Å². The minimum absolute atomic E-state index is 0.0426. The molecule has 0 radical (unpaired) electrons. The molecule has 1 heterocycles. The van der Waals surface area contributed by atoms with E-state index in [0.29, 0.717) is 24.7 Å². The molecule has 19 heavy (non-hydrogen) atoms. The zero-order valence-electron chi connectivity index (χ0n) is 11.5. The molecule has 2 rings (SSSR count). The second kappa shape index (κ2) is 6.04. The summed E-state index contributed by atoms with van der Waals surface area (Å²) in [5.74, 6) is 0.461. The molecule has 5 heteroatoms. The number of ether oxygens (including phenoxy) is 2. The van der Waals surface area contributed by atoms with Gasteiger partial charge in [0.15, 0.2) is 0 Å². The molecule has 5 nitrogen and oxygen atoms in total. The van der Waals surface area contributed by atoms with Crippen molar-refractivity contribution in [1.29, 1.82) is 0 Å². The molecule has 2 N–H and O–H groups in total. The van der Waals surface area contributed by atoms with Gasteiger partial charge < -0.3 is 20.1 Å². The van der Waals surface area contributed by atoms with Gasteiger partial charge in [-0.05, 0) is 31.7 Å². The maximum atomic E-state index is 12.3. The highest BCUT2D eigenvalue weighted by Crippen LogP contribution is 2.26. The van der Waals surface area contributed by atoms with E-state index in [4.69, 9.17) is 9.47 Å². The van der Waals surface area contributed by atoms with Gasteiger partial charge in [-0.25, -0.2) is 0 Å². The molecule has 0 aromatic heterocycles. The number of carbonyl (C=O) groups is 1. The Labute approximate surface area is 113 Å². The van der Waals surface area contributed by atoms with Gasteiger partial charge >= 0.3 is 0 Å². The fourth-order valence-electron chi connectivity index (χ4n) is 2.22. The molecule has 1 fully saturated rings. The maximum Gasteiger partial charge on any atom is 0.231 e. The van der Waals surface area contributed by atoms with Gasteiger partial charge in [-0.1, -0.05) is 6.07 Å². The first-order chi connectivity index (χ1) is 9.15. The van der Waals surface area contributed by atoms with Gasteiger partial charge in [-0.15, -0.1) is 0 Å². The summed E-state index contributed by atoms with van der Waals surface area (Å²) in [6, 6.07) is 5.77. The number of nitrogens with one attached hydrogen (secondary N) is 2. The number of methoxy groups -OCH3 is 1. The predicted octanol–water partition coefficient (Wildman–Crippen LogP) is 1.18. The van der Waals surface area contributed by atoms with Crippen LogP contribution in [-0.2, 0) is 9.53 Å². The predicted molar refractivity (Wildman–Crippen MR) is 73.5 cm³/mol. The zero-order valence-corrected chi connectivity index (χ0v) is 11.5. The van der Waals surface area contributed by atoms with Crippen molar-refractivity contribution in [1.82, 2.24) is 5.32 Å². The largest absolute Gasteiger partial charge is 0.495 e. The summed E-state index contributed by atoms with van der Waals surface area (Å²) in [7, 11) is 3.44. The molecule has 1 saturated heterocycles. The van der Waals surface area contributed by atoms with E-state index in [-0.39, 0.29) is 17.9 Å². The summed E-state index contributed by atoms with van der Waals surface area (Å²) in [6.07, 6.45) is 0. The standard InChI is InChI=1S/C14H20N2O3/c1-9-4-5-11(13(6-9)18-3)16-14(17)10-7-19-8-12(10)15-2/h4-6,10,12,15H,7-8H2,1-3H3,(H,16,17). The highest BCUT2D eigenvalue weighted by Gasteiger charge is 2.33. The van der Waals surface area contributed by atoms with Crippen molar-refractivity contribution >= 4 is 11.6 Å². The number of likely N-dealkylation sites (N-methyl/N-ethyl adjacent to an activating group) is 1. The first-order valence-corrected chi connectivity index (χ1v) is 6.36. The van der Waals surface area contributed by atoms with E-state index in [2.05, 4.69) is 10.6 Å². The second-order valence-electron chi connectivity index (χ2n) is 4.73. The summed E-state index contributed by atoms with van der Waals surface area (Å²) in [4.78, 5) is 12.3. The van der Waals surface area contributed by atoms with E-state index >= 15 is 0 Å². The van der Waals surface area contributed by atoms with Crippen LogP contribution >= 0.6 is 0 Å². The molecular weight excluding hydrogens is 244 g/mol. The Balaban J connectivity index is 2.10. The molecule has 0 spiro atoms. The normalized spacial score (nSPS) is 22.3. The molecule has 0 aliphatic carbocycles. The number of anilines is 1. The van der Waals surface area contributed by atoms with E-state index in [1.165, 1.54) is 0 Å². The van der Waals surface area contributed by atoms with Crippen LogP contribution in [-0.4, -0.2) is 39.3 Å². The average molecular weight is 264 g/mol. The monoisotopic (exact) mass is 264 g/mol. The first-order valence-electron chi connectivity index (χ1n) is 6.36. The van der Waals surface area contributed by atoms with Gasteiger partial charge in [0.1, 0.15) is 5.75 Å². The summed E-state index contributed by atoms with van der Waals surface area (Å²) < 4.78 is 10.6. The third kappa shape index (κ3) is 3.05. The van der Waals surface area contributed by atoms with Crippen LogP contribution in [0, 0.1) is 12.8 Å². The lowest BCUT2D eigenvalue weighted by atomic mass is 10.0. The Hall–Kier alpha value is -1.59. The molecule has 2 unspecified atom stereocenters. The highest BCUT2D eigenvalue weighted by molar-refractivity contribution is 5.94. The summed E-state index contributed by atoms with van der Waals surface area (Å²) in [6.45, 7) is 3.00. The van der Waals surface area contributed by atoms with Gasteiger partial charge in [0.2, 0.25) is 5.91 Å². The Morgan fingerprint density at radius 1 is 1.42 bits per heavy atom. The SMILES string of the molecule is CNC1COCC1C(=O)Nc1ccc(C)cc1OC. The van der Waals surface area contributed by atoms with Crippen LogP contribution in [0.4, 0.5) is 5.69 Å². The number of carbonyl (C=O) groups excluding carboxylic acids is 1. The number of amides is 1. The van der Waals surface area contributed by atoms with E-state index < -0.39 is 0 Å². The van der Waals surface area contributed by atoms with Crippen molar-refractivity contribution in [2.45, 2.75) is 13.0 Å². The number of hydrogen-bond acceptors (Lipinski definition) is 4. The Bertz CT molecular complexity index is 462. The first kappa shape index (κ1) is 13.8. The van der Waals surface area contributed by atoms with Crippen molar-refractivity contribution in [3.05, 3.63) is 23.8 Å². The number of aryl methyl sites for hydroxylation is 1. The summed E-state index contributed by atoms with van der Waals surface area (Å²) >= 11 is 0. The molecule has 0 saturated carbocycles. The van der Waals surface area contributed by atoms with Gasteiger partial charge in [0.25, 0.3) is 0 Å². The van der Waals surface area contributed by atoms with Crippen molar-refractivity contribution in [3.63, 3.8) is 0 Å². The van der Waals surface area contributed by atoms with Crippen LogP contribution in [0.3, 0.4) is 0 Å². The molecule has 1 amide bonds. The molecule has 2 atom stereocenters. The molecule has 0 bridgehead atoms.